The van der Waals surface area contributed by atoms with E-state index in [4.69, 9.17) is 0 Å². The number of carbonyl (C=O) groups is 1. The van der Waals surface area contributed by atoms with E-state index in [-0.39, 0.29) is 5.78 Å². The van der Waals surface area contributed by atoms with Gasteiger partial charge >= 0.3 is 0 Å². The van der Waals surface area contributed by atoms with E-state index in [0.717, 1.165) is 5.56 Å². The number of nitrogens with one attached hydrogen (secondary N) is 1. The summed E-state index contributed by atoms with van der Waals surface area (Å²) in [7, 11) is 0. The highest BCUT2D eigenvalue weighted by Gasteiger charge is 2.01. The van der Waals surface area contributed by atoms with Crippen LogP contribution in [0.2, 0.25) is 0 Å². The Morgan fingerprint density at radius 3 is 2.58 bits per heavy atom. The maximum absolute atomic E-state index is 11.3. The topological polar surface area (TPSA) is 29.1 Å². The maximum atomic E-state index is 11.3. The summed E-state index contributed by atoms with van der Waals surface area (Å²) in [5, 5.41) is 2.89. The highest BCUT2D eigenvalue weighted by Crippen LogP contribution is 1.98. The third-order valence-electron chi connectivity index (χ3n) is 1.56. The van der Waals surface area contributed by atoms with Gasteiger partial charge in [0, 0.05) is 5.56 Å². The fraction of sp³-hybridized carbons (Fsp3) is 0.200. The summed E-state index contributed by atoms with van der Waals surface area (Å²) >= 11 is 0. The van der Waals surface area contributed by atoms with Gasteiger partial charge < -0.3 is 5.32 Å². The molecule has 1 radical (unpaired) electrons. The molecule has 1 N–H and O–H groups in total. The molecule has 0 aliphatic rings. The molecule has 1 aromatic rings. The standard InChI is InChI=1S/C10H12NO/c1-2-11-8-10(12)9-6-4-3-5-7-9/h3-7,11H,1-2,8H2. The van der Waals surface area contributed by atoms with E-state index < -0.39 is 0 Å². The number of hydrogen-bond acceptors (Lipinski definition) is 2. The summed E-state index contributed by atoms with van der Waals surface area (Å²) in [6.07, 6.45) is 0. The van der Waals surface area contributed by atoms with Crippen molar-refractivity contribution < 1.29 is 4.79 Å². The van der Waals surface area contributed by atoms with E-state index in [2.05, 4.69) is 12.2 Å². The Bertz CT molecular complexity index is 243. The van der Waals surface area contributed by atoms with Crippen LogP contribution in [0.1, 0.15) is 10.4 Å². The molecule has 0 saturated heterocycles. The van der Waals surface area contributed by atoms with E-state index in [0.29, 0.717) is 13.1 Å². The van der Waals surface area contributed by atoms with Gasteiger partial charge in [-0.3, -0.25) is 4.79 Å². The molecular formula is C10H12NO. The van der Waals surface area contributed by atoms with Crippen LogP contribution in [0, 0.1) is 6.92 Å². The Labute approximate surface area is 72.6 Å². The number of benzene rings is 1. The van der Waals surface area contributed by atoms with E-state index in [9.17, 15) is 4.79 Å². The van der Waals surface area contributed by atoms with Crippen LogP contribution in [0.25, 0.3) is 0 Å². The van der Waals surface area contributed by atoms with Crippen LogP contribution in [0.4, 0.5) is 0 Å². The van der Waals surface area contributed by atoms with Gasteiger partial charge in [0.05, 0.1) is 6.54 Å². The SMILES string of the molecule is [CH2]CNCC(=O)c1ccccc1. The average Bonchev–Trinajstić information content (AvgIpc) is 2.15. The molecule has 0 atom stereocenters. The minimum absolute atomic E-state index is 0.110. The van der Waals surface area contributed by atoms with Crippen molar-refractivity contribution in [3.63, 3.8) is 0 Å². The van der Waals surface area contributed by atoms with Gasteiger partial charge in [-0.15, -0.1) is 0 Å². The molecular weight excluding hydrogens is 150 g/mol. The molecule has 2 heteroatoms. The molecule has 0 amide bonds. The molecule has 0 heterocycles. The van der Waals surface area contributed by atoms with Gasteiger partial charge in [0.25, 0.3) is 0 Å². The van der Waals surface area contributed by atoms with E-state index in [1.807, 2.05) is 30.3 Å². The molecule has 63 valence electrons. The largest absolute Gasteiger partial charge is 0.310 e. The Balaban J connectivity index is 2.54. The summed E-state index contributed by atoms with van der Waals surface area (Å²) in [6.45, 7) is 4.54. The predicted octanol–water partition coefficient (Wildman–Crippen LogP) is 1.29. The number of carbonyl (C=O) groups excluding carboxylic acids is 1. The molecule has 0 bridgehead atoms. The Kier molecular flexibility index (Phi) is 3.48. The second-order valence-electron chi connectivity index (χ2n) is 2.47. The second kappa shape index (κ2) is 4.67. The lowest BCUT2D eigenvalue weighted by molar-refractivity contribution is 0.0992. The second-order valence-corrected chi connectivity index (χ2v) is 2.47. The van der Waals surface area contributed by atoms with Crippen molar-refractivity contribution in [2.75, 3.05) is 13.1 Å². The van der Waals surface area contributed by atoms with Crippen LogP contribution >= 0.6 is 0 Å². The highest BCUT2D eigenvalue weighted by molar-refractivity contribution is 5.97. The Hall–Kier alpha value is -1.15. The number of ketones is 1. The summed E-state index contributed by atoms with van der Waals surface area (Å²) in [5.74, 6) is 0.110. The van der Waals surface area contributed by atoms with E-state index in [1.54, 1.807) is 0 Å². The fourth-order valence-corrected chi connectivity index (χ4v) is 0.928. The lowest BCUT2D eigenvalue weighted by atomic mass is 10.1. The van der Waals surface area contributed by atoms with Gasteiger partial charge in [0.1, 0.15) is 0 Å². The normalized spacial score (nSPS) is 9.75. The first-order valence-corrected chi connectivity index (χ1v) is 3.93. The van der Waals surface area contributed by atoms with Crippen molar-refractivity contribution >= 4 is 5.78 Å². The third kappa shape index (κ3) is 2.47. The Morgan fingerprint density at radius 1 is 1.33 bits per heavy atom. The first-order valence-electron chi connectivity index (χ1n) is 3.93. The fourth-order valence-electron chi connectivity index (χ4n) is 0.928. The molecule has 0 aliphatic heterocycles. The highest BCUT2D eigenvalue weighted by atomic mass is 16.1. The van der Waals surface area contributed by atoms with Gasteiger partial charge in [-0.25, -0.2) is 0 Å². The average molecular weight is 162 g/mol. The number of rotatable bonds is 4. The zero-order valence-corrected chi connectivity index (χ0v) is 6.92. The summed E-state index contributed by atoms with van der Waals surface area (Å²) in [6, 6.07) is 9.24. The van der Waals surface area contributed by atoms with E-state index in [1.165, 1.54) is 0 Å². The van der Waals surface area contributed by atoms with Crippen molar-refractivity contribution in [2.24, 2.45) is 0 Å². The third-order valence-corrected chi connectivity index (χ3v) is 1.56. The summed E-state index contributed by atoms with van der Waals surface area (Å²) in [5.41, 5.74) is 0.749. The molecule has 2 nitrogen and oxygen atoms in total. The van der Waals surface area contributed by atoms with Crippen molar-refractivity contribution in [1.29, 1.82) is 0 Å². The predicted molar refractivity (Wildman–Crippen MR) is 49.0 cm³/mol. The molecule has 1 rings (SSSR count). The van der Waals surface area contributed by atoms with Crippen LogP contribution in [0.5, 0.6) is 0 Å². The smallest absolute Gasteiger partial charge is 0.176 e. The number of hydrogen-bond donors (Lipinski definition) is 1. The summed E-state index contributed by atoms with van der Waals surface area (Å²) < 4.78 is 0. The molecule has 0 spiro atoms. The first kappa shape index (κ1) is 8.94. The summed E-state index contributed by atoms with van der Waals surface area (Å²) in [4.78, 5) is 11.3. The van der Waals surface area contributed by atoms with Crippen molar-refractivity contribution in [2.45, 2.75) is 0 Å². The molecule has 0 fully saturated rings. The van der Waals surface area contributed by atoms with Crippen LogP contribution in [-0.2, 0) is 0 Å². The monoisotopic (exact) mass is 162 g/mol. The molecule has 1 aromatic carbocycles. The van der Waals surface area contributed by atoms with Crippen LogP contribution in [0.15, 0.2) is 30.3 Å². The first-order chi connectivity index (χ1) is 5.84. The Morgan fingerprint density at radius 2 is 2.00 bits per heavy atom. The van der Waals surface area contributed by atoms with Gasteiger partial charge in [0.15, 0.2) is 5.78 Å². The minimum atomic E-state index is 0.110. The van der Waals surface area contributed by atoms with Gasteiger partial charge in [-0.05, 0) is 13.5 Å². The zero-order chi connectivity index (χ0) is 8.81. The number of Topliss-reactive ketones (excluding diaryl/α,β-unsaturated/α-hetero) is 1. The zero-order valence-electron chi connectivity index (χ0n) is 6.92. The molecule has 0 aromatic heterocycles. The molecule has 0 saturated carbocycles. The maximum Gasteiger partial charge on any atom is 0.176 e. The van der Waals surface area contributed by atoms with Crippen molar-refractivity contribution in [3.8, 4) is 0 Å². The molecule has 0 unspecified atom stereocenters. The van der Waals surface area contributed by atoms with Crippen molar-refractivity contribution in [3.05, 3.63) is 42.8 Å². The molecule has 0 aliphatic carbocycles. The van der Waals surface area contributed by atoms with Gasteiger partial charge in [-0.1, -0.05) is 30.3 Å². The van der Waals surface area contributed by atoms with Crippen LogP contribution in [0.3, 0.4) is 0 Å². The lowest BCUT2D eigenvalue weighted by Crippen LogP contribution is -2.22. The lowest BCUT2D eigenvalue weighted by Gasteiger charge is -1.99. The van der Waals surface area contributed by atoms with Gasteiger partial charge in [-0.2, -0.15) is 0 Å². The van der Waals surface area contributed by atoms with Gasteiger partial charge in [0.2, 0.25) is 0 Å². The van der Waals surface area contributed by atoms with Crippen LogP contribution < -0.4 is 5.32 Å². The molecule has 12 heavy (non-hydrogen) atoms. The quantitative estimate of drug-likeness (QED) is 0.676. The minimum Gasteiger partial charge on any atom is -0.310 e. The van der Waals surface area contributed by atoms with E-state index >= 15 is 0 Å². The van der Waals surface area contributed by atoms with Crippen molar-refractivity contribution in [1.82, 2.24) is 5.32 Å². The van der Waals surface area contributed by atoms with Crippen LogP contribution in [-0.4, -0.2) is 18.9 Å².